The lowest BCUT2D eigenvalue weighted by Gasteiger charge is -2.27. The van der Waals surface area contributed by atoms with E-state index < -0.39 is 15.7 Å². The Balaban J connectivity index is 1.48. The monoisotopic (exact) mass is 469 g/mol. The molecule has 1 amide bonds. The fraction of sp³-hybridized carbons (Fsp3) is 0.238. The van der Waals surface area contributed by atoms with Gasteiger partial charge >= 0.3 is 10.2 Å². The number of hydrogen-bond acceptors (Lipinski definition) is 7. The average Bonchev–Trinajstić information content (AvgIpc) is 3.17. The molecule has 4 N–H and O–H groups in total. The summed E-state index contributed by atoms with van der Waals surface area (Å²) in [6, 6.07) is 8.16. The lowest BCUT2D eigenvalue weighted by atomic mass is 10.1. The average molecular weight is 470 g/mol. The number of hydrogen-bond donors (Lipinski definition) is 3. The van der Waals surface area contributed by atoms with E-state index in [0.29, 0.717) is 22.7 Å². The van der Waals surface area contributed by atoms with E-state index in [4.69, 9.17) is 10.5 Å². The maximum absolute atomic E-state index is 12.9. The number of benzene rings is 1. The van der Waals surface area contributed by atoms with Crippen LogP contribution in [0.4, 0.5) is 5.69 Å². The van der Waals surface area contributed by atoms with Gasteiger partial charge in [-0.15, -0.1) is 4.40 Å². The number of aromatic nitrogens is 3. The zero-order valence-corrected chi connectivity index (χ0v) is 19.0. The lowest BCUT2D eigenvalue weighted by Crippen LogP contribution is -2.48. The van der Waals surface area contributed by atoms with Crippen molar-refractivity contribution >= 4 is 27.6 Å². The second kappa shape index (κ2) is 8.20. The van der Waals surface area contributed by atoms with E-state index in [1.807, 2.05) is 20.8 Å². The van der Waals surface area contributed by atoms with Gasteiger partial charge in [-0.3, -0.25) is 14.1 Å². The minimum Gasteiger partial charge on any atom is -0.490 e. The molecule has 3 heterocycles. The van der Waals surface area contributed by atoms with Crippen molar-refractivity contribution in [2.45, 2.75) is 26.3 Å². The highest BCUT2D eigenvalue weighted by molar-refractivity contribution is 7.91. The zero-order valence-electron chi connectivity index (χ0n) is 18.2. The molecule has 3 aromatic rings. The molecule has 0 unspecified atom stereocenters. The van der Waals surface area contributed by atoms with Crippen LogP contribution in [0.25, 0.3) is 5.82 Å². The largest absolute Gasteiger partial charge is 0.490 e. The fourth-order valence-electron chi connectivity index (χ4n) is 3.32. The van der Waals surface area contributed by atoms with Gasteiger partial charge in [0.1, 0.15) is 24.0 Å². The first-order valence-electron chi connectivity index (χ1n) is 9.98. The van der Waals surface area contributed by atoms with Gasteiger partial charge in [0.05, 0.1) is 16.8 Å². The van der Waals surface area contributed by atoms with Crippen LogP contribution in [0.1, 0.15) is 35.6 Å². The molecule has 0 atom stereocenters. The summed E-state index contributed by atoms with van der Waals surface area (Å²) in [4.78, 5) is 21.4. The molecule has 0 spiro atoms. The number of amides is 1. The van der Waals surface area contributed by atoms with E-state index in [1.54, 1.807) is 53.5 Å². The molecule has 0 fully saturated rings. The minimum atomic E-state index is -3.88. The molecule has 1 aromatic carbocycles. The fourth-order valence-corrected chi connectivity index (χ4v) is 4.17. The molecule has 0 bridgehead atoms. The number of nitrogens with two attached hydrogens (primary N) is 1. The molecular weight excluding hydrogens is 446 g/mol. The first-order valence-corrected chi connectivity index (χ1v) is 11.4. The Hall–Kier alpha value is -3.93. The smallest absolute Gasteiger partial charge is 0.344 e. The van der Waals surface area contributed by atoms with Gasteiger partial charge in [-0.05, 0) is 45.0 Å². The Morgan fingerprint density at radius 1 is 1.24 bits per heavy atom. The number of rotatable bonds is 6. The Kier molecular flexibility index (Phi) is 5.54. The number of ether oxygens (including phenoxy) is 1. The first kappa shape index (κ1) is 22.3. The van der Waals surface area contributed by atoms with Crippen LogP contribution in [-0.4, -0.2) is 46.8 Å². The van der Waals surface area contributed by atoms with E-state index >= 15 is 0 Å². The summed E-state index contributed by atoms with van der Waals surface area (Å²) in [7, 11) is -3.88. The van der Waals surface area contributed by atoms with Crippen LogP contribution < -0.4 is 20.5 Å². The minimum absolute atomic E-state index is 0.0911. The number of nitrogens with zero attached hydrogens (tertiary/aromatic N) is 4. The Bertz CT molecular complexity index is 1360. The lowest BCUT2D eigenvalue weighted by molar-refractivity contribution is 0.0880. The van der Waals surface area contributed by atoms with Crippen LogP contribution in [0, 0.1) is 6.92 Å². The van der Waals surface area contributed by atoms with Gasteiger partial charge in [0.2, 0.25) is 0 Å². The van der Waals surface area contributed by atoms with E-state index in [2.05, 4.69) is 24.4 Å². The van der Waals surface area contributed by atoms with E-state index in [-0.39, 0.29) is 24.0 Å². The van der Waals surface area contributed by atoms with Crippen LogP contribution in [0.2, 0.25) is 0 Å². The Labute approximate surface area is 190 Å². The number of aryl methyl sites for hydroxylation is 1. The number of anilines is 1. The number of amidine groups is 1. The van der Waals surface area contributed by atoms with Crippen LogP contribution >= 0.6 is 0 Å². The van der Waals surface area contributed by atoms with Crippen molar-refractivity contribution in [2.75, 3.05) is 11.3 Å². The quantitative estimate of drug-likeness (QED) is 0.495. The van der Waals surface area contributed by atoms with Gasteiger partial charge in [-0.25, -0.2) is 9.97 Å². The predicted octanol–water partition coefficient (Wildman–Crippen LogP) is 1.54. The molecule has 12 heteroatoms. The molecule has 0 radical (unpaired) electrons. The molecule has 1 aliphatic heterocycles. The number of carbonyl (C=O) groups is 1. The molecule has 1 aliphatic rings. The number of pyridine rings is 1. The third-order valence-electron chi connectivity index (χ3n) is 4.86. The number of fused-ring (bicyclic) bond motifs is 1. The summed E-state index contributed by atoms with van der Waals surface area (Å²) < 4.78 is 37.0. The van der Waals surface area contributed by atoms with Crippen molar-refractivity contribution in [2.24, 2.45) is 10.1 Å². The van der Waals surface area contributed by atoms with Crippen LogP contribution in [0.15, 0.2) is 53.3 Å². The molecule has 11 nitrogen and oxygen atoms in total. The standard InChI is InChI=1S/C21H23N7O4S/c1-13-23-9-10-28(13)17-11-14(7-8-24-17)20(29)25-21(2,3)12-32-16-6-4-5-15-18(16)19(22)27-33(30,31)26-15/h4-11,26H,12H2,1-3H3,(H2,22,27)(H,25,29). The molecule has 4 rings (SSSR count). The highest BCUT2D eigenvalue weighted by atomic mass is 32.2. The molecule has 0 aliphatic carbocycles. The Morgan fingerprint density at radius 2 is 2.03 bits per heavy atom. The van der Waals surface area contributed by atoms with Gasteiger partial charge in [0.25, 0.3) is 5.91 Å². The molecule has 172 valence electrons. The summed E-state index contributed by atoms with van der Waals surface area (Å²) in [6.45, 7) is 5.55. The summed E-state index contributed by atoms with van der Waals surface area (Å²) in [5.74, 6) is 1.22. The van der Waals surface area contributed by atoms with Crippen molar-refractivity contribution in [3.05, 3.63) is 65.9 Å². The second-order valence-electron chi connectivity index (χ2n) is 8.11. The zero-order chi connectivity index (χ0) is 23.8. The van der Waals surface area contributed by atoms with Gasteiger partial charge < -0.3 is 15.8 Å². The molecule has 0 saturated heterocycles. The number of carbonyl (C=O) groups excluding carboxylic acids is 1. The van der Waals surface area contributed by atoms with Crippen molar-refractivity contribution in [1.82, 2.24) is 19.9 Å². The van der Waals surface area contributed by atoms with Crippen LogP contribution in [0.3, 0.4) is 0 Å². The Morgan fingerprint density at radius 3 is 2.76 bits per heavy atom. The first-order chi connectivity index (χ1) is 15.5. The van der Waals surface area contributed by atoms with Crippen molar-refractivity contribution in [3.63, 3.8) is 0 Å². The summed E-state index contributed by atoms with van der Waals surface area (Å²) in [5.41, 5.74) is 6.15. The van der Waals surface area contributed by atoms with Crippen LogP contribution in [-0.2, 0) is 10.2 Å². The summed E-state index contributed by atoms with van der Waals surface area (Å²) in [5, 5.41) is 2.94. The van der Waals surface area contributed by atoms with Gasteiger partial charge in [0, 0.05) is 24.2 Å². The second-order valence-corrected chi connectivity index (χ2v) is 9.44. The topological polar surface area (TPSA) is 154 Å². The number of nitrogens with one attached hydrogen (secondary N) is 2. The van der Waals surface area contributed by atoms with Gasteiger partial charge in [0.15, 0.2) is 5.84 Å². The predicted molar refractivity (Wildman–Crippen MR) is 123 cm³/mol. The number of imidazole rings is 1. The van der Waals surface area contributed by atoms with Crippen LogP contribution in [0.5, 0.6) is 5.75 Å². The van der Waals surface area contributed by atoms with E-state index in [1.165, 1.54) is 0 Å². The van der Waals surface area contributed by atoms with E-state index in [0.717, 1.165) is 5.82 Å². The molecule has 2 aromatic heterocycles. The summed E-state index contributed by atoms with van der Waals surface area (Å²) >= 11 is 0. The maximum Gasteiger partial charge on any atom is 0.344 e. The molecule has 33 heavy (non-hydrogen) atoms. The van der Waals surface area contributed by atoms with Crippen molar-refractivity contribution in [1.29, 1.82) is 0 Å². The van der Waals surface area contributed by atoms with Gasteiger partial charge in [-0.2, -0.15) is 8.42 Å². The van der Waals surface area contributed by atoms with Crippen molar-refractivity contribution < 1.29 is 17.9 Å². The third kappa shape index (κ3) is 4.80. The van der Waals surface area contributed by atoms with E-state index in [9.17, 15) is 13.2 Å². The normalized spacial score (nSPS) is 14.6. The molecule has 0 saturated carbocycles. The van der Waals surface area contributed by atoms with Crippen molar-refractivity contribution in [3.8, 4) is 11.6 Å². The highest BCUT2D eigenvalue weighted by Crippen LogP contribution is 2.30. The molecular formula is C21H23N7O4S. The highest BCUT2D eigenvalue weighted by Gasteiger charge is 2.27. The van der Waals surface area contributed by atoms with Gasteiger partial charge in [-0.1, -0.05) is 6.07 Å². The summed E-state index contributed by atoms with van der Waals surface area (Å²) in [6.07, 6.45) is 4.99. The third-order valence-corrected chi connectivity index (χ3v) is 5.78. The SMILES string of the molecule is Cc1nccn1-c1cc(C(=O)NC(C)(C)COc2cccc3c2C(N)=NS(=O)(=O)N3)ccn1. The maximum atomic E-state index is 12.9.